The molecule has 154 valence electrons. The third kappa shape index (κ3) is 7.71. The summed E-state index contributed by atoms with van der Waals surface area (Å²) in [4.78, 5) is 24.2. The molecule has 2 aromatic carbocycles. The molecular formula is C20H22BrN3O4S. The van der Waals surface area contributed by atoms with E-state index in [-0.39, 0.29) is 11.7 Å². The summed E-state index contributed by atoms with van der Waals surface area (Å²) in [7, 11) is 0. The molecule has 9 heteroatoms. The largest absolute Gasteiger partial charge is 0.494 e. The number of ether oxygens (including phenoxy) is 2. The van der Waals surface area contributed by atoms with E-state index in [0.717, 1.165) is 16.5 Å². The van der Waals surface area contributed by atoms with Gasteiger partial charge < -0.3 is 9.47 Å². The van der Waals surface area contributed by atoms with E-state index in [2.05, 4.69) is 32.1 Å². The van der Waals surface area contributed by atoms with Crippen LogP contribution in [-0.4, -0.2) is 30.1 Å². The molecule has 0 spiro atoms. The Kier molecular flexibility index (Phi) is 8.88. The number of amides is 2. The van der Waals surface area contributed by atoms with Crippen molar-refractivity contribution in [3.8, 4) is 11.5 Å². The van der Waals surface area contributed by atoms with Crippen molar-refractivity contribution in [2.45, 2.75) is 20.3 Å². The van der Waals surface area contributed by atoms with Crippen LogP contribution in [0.1, 0.15) is 29.3 Å². The topological polar surface area (TPSA) is 88.7 Å². The molecule has 0 unspecified atom stereocenters. The zero-order chi connectivity index (χ0) is 21.2. The average molecular weight is 480 g/mol. The van der Waals surface area contributed by atoms with E-state index in [9.17, 15) is 9.59 Å². The molecule has 0 bridgehead atoms. The number of carbonyl (C=O) groups excluding carboxylic acids is 2. The van der Waals surface area contributed by atoms with Crippen molar-refractivity contribution in [3.05, 3.63) is 58.1 Å². The Morgan fingerprint density at radius 1 is 1.10 bits per heavy atom. The zero-order valence-corrected chi connectivity index (χ0v) is 18.5. The minimum Gasteiger partial charge on any atom is -0.494 e. The van der Waals surface area contributed by atoms with E-state index in [1.807, 2.05) is 26.0 Å². The summed E-state index contributed by atoms with van der Waals surface area (Å²) in [5, 5.41) is 2.45. The second-order valence-corrected chi connectivity index (χ2v) is 7.36. The van der Waals surface area contributed by atoms with Crippen molar-refractivity contribution in [1.29, 1.82) is 0 Å². The molecule has 7 nitrogen and oxygen atoms in total. The molecule has 0 saturated heterocycles. The number of carbonyl (C=O) groups is 2. The maximum Gasteiger partial charge on any atom is 0.276 e. The first kappa shape index (κ1) is 22.6. The molecule has 0 atom stereocenters. The van der Waals surface area contributed by atoms with E-state index < -0.39 is 11.8 Å². The summed E-state index contributed by atoms with van der Waals surface area (Å²) in [6.45, 7) is 4.24. The number of halogens is 1. The zero-order valence-electron chi connectivity index (χ0n) is 16.1. The summed E-state index contributed by atoms with van der Waals surface area (Å²) < 4.78 is 11.9. The minimum absolute atomic E-state index is 0.0388. The summed E-state index contributed by atoms with van der Waals surface area (Å²) >= 11 is 8.40. The van der Waals surface area contributed by atoms with Crippen molar-refractivity contribution in [2.24, 2.45) is 0 Å². The summed E-state index contributed by atoms with van der Waals surface area (Å²) in [5.41, 5.74) is 6.14. The number of nitrogens with one attached hydrogen (secondary N) is 3. The predicted molar refractivity (Wildman–Crippen MR) is 118 cm³/mol. The normalized spacial score (nSPS) is 10.0. The quantitative estimate of drug-likeness (QED) is 0.417. The molecule has 2 amide bonds. The maximum absolute atomic E-state index is 12.3. The lowest BCUT2D eigenvalue weighted by Crippen LogP contribution is -2.49. The third-order valence-electron chi connectivity index (χ3n) is 3.61. The first-order valence-corrected chi connectivity index (χ1v) is 10.1. The molecule has 0 heterocycles. The van der Waals surface area contributed by atoms with Gasteiger partial charge >= 0.3 is 0 Å². The van der Waals surface area contributed by atoms with Gasteiger partial charge in [0, 0.05) is 10.0 Å². The fourth-order valence-corrected chi connectivity index (χ4v) is 2.85. The fraction of sp³-hybridized carbons (Fsp3) is 0.250. The summed E-state index contributed by atoms with van der Waals surface area (Å²) in [6, 6.07) is 12.2. The van der Waals surface area contributed by atoms with Gasteiger partial charge in [-0.05, 0) is 67.5 Å². The van der Waals surface area contributed by atoms with Gasteiger partial charge in [-0.15, -0.1) is 0 Å². The van der Waals surface area contributed by atoms with Crippen LogP contribution < -0.4 is 25.6 Å². The molecule has 0 aliphatic heterocycles. The maximum atomic E-state index is 12.3. The van der Waals surface area contributed by atoms with E-state index in [4.69, 9.17) is 21.7 Å². The molecule has 29 heavy (non-hydrogen) atoms. The van der Waals surface area contributed by atoms with Crippen molar-refractivity contribution >= 4 is 45.1 Å². The van der Waals surface area contributed by atoms with Crippen LogP contribution in [0.15, 0.2) is 46.9 Å². The number of hydrazine groups is 1. The second kappa shape index (κ2) is 11.4. The highest BCUT2D eigenvalue weighted by Crippen LogP contribution is 2.21. The van der Waals surface area contributed by atoms with Crippen LogP contribution in [0.4, 0.5) is 0 Å². The number of benzene rings is 2. The minimum atomic E-state index is -0.445. The van der Waals surface area contributed by atoms with Crippen LogP contribution in [0, 0.1) is 6.92 Å². The molecule has 0 aromatic heterocycles. The van der Waals surface area contributed by atoms with Gasteiger partial charge in [0.1, 0.15) is 11.5 Å². The SMILES string of the molecule is CCCOc1cccc(C(=O)NC(=S)NNC(=O)COc2ccc(Br)cc2C)c1. The number of hydrogen-bond acceptors (Lipinski definition) is 5. The Morgan fingerprint density at radius 2 is 1.90 bits per heavy atom. The number of rotatable bonds is 7. The monoisotopic (exact) mass is 479 g/mol. The number of thiocarbonyl (C=S) groups is 1. The van der Waals surface area contributed by atoms with Gasteiger partial charge in [0.25, 0.3) is 11.8 Å². The fourth-order valence-electron chi connectivity index (χ4n) is 2.23. The highest BCUT2D eigenvalue weighted by Gasteiger charge is 2.10. The van der Waals surface area contributed by atoms with Gasteiger partial charge in [-0.25, -0.2) is 0 Å². The van der Waals surface area contributed by atoms with E-state index in [1.165, 1.54) is 0 Å². The number of hydrogen-bond donors (Lipinski definition) is 3. The van der Waals surface area contributed by atoms with Gasteiger partial charge in [0.2, 0.25) is 0 Å². The van der Waals surface area contributed by atoms with Gasteiger partial charge in [-0.1, -0.05) is 28.9 Å². The average Bonchev–Trinajstić information content (AvgIpc) is 2.70. The first-order chi connectivity index (χ1) is 13.9. The van der Waals surface area contributed by atoms with Gasteiger partial charge in [0.05, 0.1) is 6.61 Å². The second-order valence-electron chi connectivity index (χ2n) is 6.03. The molecule has 0 fully saturated rings. The molecule has 0 saturated carbocycles. The van der Waals surface area contributed by atoms with Crippen molar-refractivity contribution in [3.63, 3.8) is 0 Å². The van der Waals surface area contributed by atoms with E-state index in [0.29, 0.717) is 23.7 Å². The van der Waals surface area contributed by atoms with E-state index in [1.54, 1.807) is 30.3 Å². The van der Waals surface area contributed by atoms with Crippen molar-refractivity contribution in [1.82, 2.24) is 16.2 Å². The van der Waals surface area contributed by atoms with Crippen LogP contribution in [0.25, 0.3) is 0 Å². The molecule has 2 aromatic rings. The van der Waals surface area contributed by atoms with Crippen LogP contribution in [0.2, 0.25) is 0 Å². The summed E-state index contributed by atoms with van der Waals surface area (Å²) in [6.07, 6.45) is 0.870. The standard InChI is InChI=1S/C20H22BrN3O4S/c1-3-9-27-16-6-4-5-14(11-16)19(26)22-20(29)24-23-18(25)12-28-17-8-7-15(21)10-13(17)2/h4-8,10-11H,3,9,12H2,1-2H3,(H,23,25)(H2,22,24,26,29). The lowest BCUT2D eigenvalue weighted by Gasteiger charge is -2.12. The van der Waals surface area contributed by atoms with Gasteiger partial charge in [-0.2, -0.15) is 0 Å². The van der Waals surface area contributed by atoms with Crippen LogP contribution in [0.5, 0.6) is 11.5 Å². The first-order valence-electron chi connectivity index (χ1n) is 8.91. The highest BCUT2D eigenvalue weighted by molar-refractivity contribution is 9.10. The molecule has 0 radical (unpaired) electrons. The Morgan fingerprint density at radius 3 is 2.62 bits per heavy atom. The number of aryl methyl sites for hydroxylation is 1. The molecule has 0 aliphatic rings. The Labute approximate surface area is 183 Å². The predicted octanol–water partition coefficient (Wildman–Crippen LogP) is 3.26. The van der Waals surface area contributed by atoms with E-state index >= 15 is 0 Å². The van der Waals surface area contributed by atoms with Crippen LogP contribution >= 0.6 is 28.1 Å². The van der Waals surface area contributed by atoms with Crippen LogP contribution in [0.3, 0.4) is 0 Å². The smallest absolute Gasteiger partial charge is 0.276 e. The Bertz CT molecular complexity index is 892. The lowest BCUT2D eigenvalue weighted by molar-refractivity contribution is -0.123. The molecule has 2 rings (SSSR count). The molecule has 3 N–H and O–H groups in total. The lowest BCUT2D eigenvalue weighted by atomic mass is 10.2. The van der Waals surface area contributed by atoms with Crippen molar-refractivity contribution in [2.75, 3.05) is 13.2 Å². The third-order valence-corrected chi connectivity index (χ3v) is 4.30. The molecule has 0 aliphatic carbocycles. The molecular weight excluding hydrogens is 458 g/mol. The highest BCUT2D eigenvalue weighted by atomic mass is 79.9. The van der Waals surface area contributed by atoms with Crippen LogP contribution in [-0.2, 0) is 4.79 Å². The van der Waals surface area contributed by atoms with Crippen molar-refractivity contribution < 1.29 is 19.1 Å². The Hall–Kier alpha value is -2.65. The van der Waals surface area contributed by atoms with Gasteiger partial charge in [-0.3, -0.25) is 25.8 Å². The summed E-state index contributed by atoms with van der Waals surface area (Å²) in [5.74, 6) is 0.343. The van der Waals surface area contributed by atoms with Gasteiger partial charge in [0.15, 0.2) is 11.7 Å². The Balaban J connectivity index is 1.77.